The lowest BCUT2D eigenvalue weighted by Gasteiger charge is -2.13. The van der Waals surface area contributed by atoms with Crippen molar-refractivity contribution in [1.82, 2.24) is 0 Å². The number of rotatable bonds is 15. The quantitative estimate of drug-likeness (QED) is 0.248. The maximum absolute atomic E-state index is 10.1. The van der Waals surface area contributed by atoms with E-state index in [9.17, 15) is 5.11 Å². The van der Waals surface area contributed by atoms with Crippen LogP contribution in [0, 0.1) is 0 Å². The third kappa shape index (κ3) is 11.2. The van der Waals surface area contributed by atoms with Crippen molar-refractivity contribution in [2.45, 2.75) is 58.8 Å². The first-order valence-electron chi connectivity index (χ1n) is 11.4. The number of aliphatic hydroxyl groups is 1. The average molecular weight is 435 g/mol. The van der Waals surface area contributed by atoms with Gasteiger partial charge < -0.3 is 14.6 Å². The Morgan fingerprint density at radius 1 is 0.875 bits per heavy atom. The van der Waals surface area contributed by atoms with Gasteiger partial charge in [0.15, 0.2) is 0 Å². The Bertz CT molecular complexity index is 837. The summed E-state index contributed by atoms with van der Waals surface area (Å²) in [5.41, 5.74) is 5.72. The van der Waals surface area contributed by atoms with Gasteiger partial charge in [-0.15, -0.1) is 0 Å². The normalized spacial score (nSPS) is 13.2. The molecule has 3 nitrogen and oxygen atoms in total. The molecule has 0 aromatic heterocycles. The van der Waals surface area contributed by atoms with Crippen LogP contribution in [-0.4, -0.2) is 24.4 Å². The molecule has 0 saturated heterocycles. The van der Waals surface area contributed by atoms with E-state index in [4.69, 9.17) is 9.47 Å². The largest absolute Gasteiger partial charge is 0.389 e. The summed E-state index contributed by atoms with van der Waals surface area (Å²) in [6.45, 7) is 10.3. The summed E-state index contributed by atoms with van der Waals surface area (Å²) in [6.07, 6.45) is 7.39. The number of hydrogen-bond acceptors (Lipinski definition) is 3. The molecule has 0 heterocycles. The Morgan fingerprint density at radius 3 is 2.06 bits per heavy atom. The van der Waals surface area contributed by atoms with E-state index in [1.165, 1.54) is 22.3 Å². The van der Waals surface area contributed by atoms with Crippen LogP contribution in [0.25, 0.3) is 0 Å². The van der Waals surface area contributed by atoms with Gasteiger partial charge in [-0.3, -0.25) is 0 Å². The van der Waals surface area contributed by atoms with Gasteiger partial charge in [0.1, 0.15) is 0 Å². The molecule has 32 heavy (non-hydrogen) atoms. The third-order valence-electron chi connectivity index (χ3n) is 5.34. The van der Waals surface area contributed by atoms with Crippen LogP contribution in [0.2, 0.25) is 0 Å². The monoisotopic (exact) mass is 434 g/mol. The molecule has 2 rings (SSSR count). The van der Waals surface area contributed by atoms with Gasteiger partial charge in [-0.05, 0) is 56.2 Å². The first-order valence-corrected chi connectivity index (χ1v) is 11.4. The van der Waals surface area contributed by atoms with Crippen molar-refractivity contribution in [2.75, 3.05) is 13.2 Å². The summed E-state index contributed by atoms with van der Waals surface area (Å²) in [4.78, 5) is 0. The van der Waals surface area contributed by atoms with Crippen LogP contribution in [-0.2, 0) is 22.7 Å². The van der Waals surface area contributed by atoms with Crippen LogP contribution in [0.4, 0.5) is 0 Å². The van der Waals surface area contributed by atoms with Crippen LogP contribution in [0.5, 0.6) is 0 Å². The summed E-state index contributed by atoms with van der Waals surface area (Å²) in [5.74, 6) is 0. The lowest BCUT2D eigenvalue weighted by atomic mass is 10.0. The molecule has 0 aliphatic heterocycles. The van der Waals surface area contributed by atoms with Crippen molar-refractivity contribution in [1.29, 1.82) is 0 Å². The first kappa shape index (κ1) is 25.8. The highest BCUT2D eigenvalue weighted by molar-refractivity contribution is 5.15. The highest BCUT2D eigenvalue weighted by atomic mass is 16.5. The third-order valence-corrected chi connectivity index (χ3v) is 5.34. The van der Waals surface area contributed by atoms with Crippen molar-refractivity contribution < 1.29 is 14.6 Å². The van der Waals surface area contributed by atoms with Gasteiger partial charge in [0.2, 0.25) is 0 Å². The second kappa shape index (κ2) is 15.4. The molecule has 2 aromatic rings. The minimum absolute atomic E-state index is 0.462. The Hall–Kier alpha value is -2.46. The molecule has 0 fully saturated rings. The highest BCUT2D eigenvalue weighted by Gasteiger charge is 2.07. The predicted molar refractivity (Wildman–Crippen MR) is 133 cm³/mol. The van der Waals surface area contributed by atoms with Crippen LogP contribution < -0.4 is 0 Å². The lowest BCUT2D eigenvalue weighted by molar-refractivity contribution is 0.137. The maximum atomic E-state index is 10.1. The second-order valence-electron chi connectivity index (χ2n) is 8.33. The van der Waals surface area contributed by atoms with Gasteiger partial charge in [0.25, 0.3) is 0 Å². The minimum Gasteiger partial charge on any atom is -0.389 e. The molecule has 0 aliphatic rings. The molecule has 3 heteroatoms. The van der Waals surface area contributed by atoms with Gasteiger partial charge in [-0.25, -0.2) is 0 Å². The summed E-state index contributed by atoms with van der Waals surface area (Å²) in [5, 5.41) is 10.1. The molecular weight excluding hydrogens is 396 g/mol. The van der Waals surface area contributed by atoms with Crippen molar-refractivity contribution in [2.24, 2.45) is 0 Å². The molecular formula is C29H38O3. The zero-order valence-electron chi connectivity index (χ0n) is 19.6. The zero-order chi connectivity index (χ0) is 23.0. The Kier molecular flexibility index (Phi) is 12.4. The van der Waals surface area contributed by atoms with Crippen molar-refractivity contribution in [3.05, 3.63) is 107 Å². The topological polar surface area (TPSA) is 38.7 Å². The summed E-state index contributed by atoms with van der Waals surface area (Å²) in [6, 6.07) is 20.4. The van der Waals surface area contributed by atoms with Gasteiger partial charge >= 0.3 is 0 Å². The minimum atomic E-state index is -0.462. The van der Waals surface area contributed by atoms with Crippen LogP contribution in [0.3, 0.4) is 0 Å². The first-order chi connectivity index (χ1) is 15.5. The fourth-order valence-corrected chi connectivity index (χ4v) is 3.23. The van der Waals surface area contributed by atoms with E-state index in [0.717, 1.165) is 24.8 Å². The molecule has 0 spiro atoms. The molecule has 1 atom stereocenters. The molecule has 0 radical (unpaired) electrons. The highest BCUT2D eigenvalue weighted by Crippen LogP contribution is 2.16. The Balaban J connectivity index is 1.78. The summed E-state index contributed by atoms with van der Waals surface area (Å²) in [7, 11) is 0. The van der Waals surface area contributed by atoms with E-state index in [1.54, 1.807) is 0 Å². The van der Waals surface area contributed by atoms with Crippen molar-refractivity contribution >= 4 is 0 Å². The summed E-state index contributed by atoms with van der Waals surface area (Å²) >= 11 is 0. The second-order valence-corrected chi connectivity index (χ2v) is 8.33. The standard InChI is InChI=1S/C29H38O3/c1-24(2)29(30)18-17-28(23-32-22-27-14-8-5-9-15-27)16-10-11-25(3)19-20-31-21-26-12-6-4-7-13-26/h4-9,12-16,19,29-30H,1,10-11,17-18,20-23H2,2-3H3/b25-19-,28-16+. The van der Waals surface area contributed by atoms with E-state index in [1.807, 2.05) is 43.3 Å². The predicted octanol–water partition coefficient (Wildman–Crippen LogP) is 6.79. The smallest absolute Gasteiger partial charge is 0.0747 e. The van der Waals surface area contributed by atoms with E-state index in [2.05, 4.69) is 49.9 Å². The summed E-state index contributed by atoms with van der Waals surface area (Å²) < 4.78 is 11.7. The molecule has 2 aromatic carbocycles. The molecule has 0 bridgehead atoms. The SMILES string of the molecule is C=C(C)C(O)CC/C(=C\CC/C(C)=C\COCc1ccccc1)COCc1ccccc1. The average Bonchev–Trinajstić information content (AvgIpc) is 2.81. The van der Waals surface area contributed by atoms with E-state index in [-0.39, 0.29) is 0 Å². The maximum Gasteiger partial charge on any atom is 0.0747 e. The number of hydrogen-bond donors (Lipinski definition) is 1. The van der Waals surface area contributed by atoms with Crippen molar-refractivity contribution in [3.8, 4) is 0 Å². The van der Waals surface area contributed by atoms with Crippen molar-refractivity contribution in [3.63, 3.8) is 0 Å². The van der Waals surface area contributed by atoms with Crippen LogP contribution >= 0.6 is 0 Å². The molecule has 1 unspecified atom stereocenters. The number of benzene rings is 2. The molecule has 0 amide bonds. The number of allylic oxidation sites excluding steroid dienone is 2. The molecule has 0 saturated carbocycles. The fraction of sp³-hybridized carbons (Fsp3) is 0.379. The van der Waals surface area contributed by atoms with Gasteiger partial charge in [0, 0.05) is 0 Å². The number of ether oxygens (including phenoxy) is 2. The Morgan fingerprint density at radius 2 is 1.47 bits per heavy atom. The van der Waals surface area contributed by atoms with Crippen LogP contribution in [0.15, 0.2) is 96.1 Å². The zero-order valence-corrected chi connectivity index (χ0v) is 19.6. The molecule has 1 N–H and O–H groups in total. The fourth-order valence-electron chi connectivity index (χ4n) is 3.23. The van der Waals surface area contributed by atoms with E-state index < -0.39 is 6.10 Å². The van der Waals surface area contributed by atoms with Gasteiger partial charge in [-0.2, -0.15) is 0 Å². The lowest BCUT2D eigenvalue weighted by Crippen LogP contribution is -2.09. The van der Waals surface area contributed by atoms with E-state index >= 15 is 0 Å². The molecule has 0 aliphatic carbocycles. The van der Waals surface area contributed by atoms with Gasteiger partial charge in [0.05, 0.1) is 32.5 Å². The Labute approximate surface area is 194 Å². The van der Waals surface area contributed by atoms with Crippen LogP contribution in [0.1, 0.15) is 50.7 Å². The van der Waals surface area contributed by atoms with E-state index in [0.29, 0.717) is 32.8 Å². The number of aliphatic hydroxyl groups excluding tert-OH is 1. The van der Waals surface area contributed by atoms with Gasteiger partial charge in [-0.1, -0.05) is 90.5 Å². The molecule has 172 valence electrons.